The van der Waals surface area contributed by atoms with Crippen LogP contribution in [0.1, 0.15) is 29.6 Å². The van der Waals surface area contributed by atoms with Crippen molar-refractivity contribution in [2.75, 3.05) is 24.6 Å². The Morgan fingerprint density at radius 1 is 1.10 bits per heavy atom. The second-order valence-electron chi connectivity index (χ2n) is 4.82. The third-order valence-electron chi connectivity index (χ3n) is 3.13. The van der Waals surface area contributed by atoms with Gasteiger partial charge in [0.25, 0.3) is 0 Å². The van der Waals surface area contributed by atoms with Crippen molar-refractivity contribution in [1.29, 1.82) is 0 Å². The summed E-state index contributed by atoms with van der Waals surface area (Å²) < 4.78 is 5.07. The second kappa shape index (κ2) is 6.25. The van der Waals surface area contributed by atoms with Gasteiger partial charge in [-0.3, -0.25) is 14.5 Å². The van der Waals surface area contributed by atoms with Crippen molar-refractivity contribution < 1.29 is 19.1 Å². The minimum atomic E-state index is -0.534. The molecule has 7 nitrogen and oxygen atoms in total. The average molecular weight is 291 g/mol. The molecule has 2 rings (SSSR count). The number of anilines is 2. The van der Waals surface area contributed by atoms with Crippen molar-refractivity contribution in [3.8, 4) is 0 Å². The van der Waals surface area contributed by atoms with Crippen LogP contribution < -0.4 is 11.5 Å². The van der Waals surface area contributed by atoms with E-state index in [2.05, 4.69) is 0 Å². The summed E-state index contributed by atoms with van der Waals surface area (Å²) >= 11 is 0. The molecule has 21 heavy (non-hydrogen) atoms. The molecule has 0 unspecified atom stereocenters. The van der Waals surface area contributed by atoms with Crippen molar-refractivity contribution in [2.45, 2.75) is 19.3 Å². The average Bonchev–Trinajstić information content (AvgIpc) is 2.73. The highest BCUT2D eigenvalue weighted by Crippen LogP contribution is 2.15. The van der Waals surface area contributed by atoms with Gasteiger partial charge in [0.05, 0.1) is 12.2 Å². The topological polar surface area (TPSA) is 116 Å². The lowest BCUT2D eigenvalue weighted by atomic mass is 10.2. The highest BCUT2D eigenvalue weighted by atomic mass is 16.5. The van der Waals surface area contributed by atoms with Gasteiger partial charge in [-0.1, -0.05) is 0 Å². The van der Waals surface area contributed by atoms with E-state index in [1.165, 1.54) is 17.0 Å². The van der Waals surface area contributed by atoms with Gasteiger partial charge in [-0.05, 0) is 24.6 Å². The highest BCUT2D eigenvalue weighted by Gasteiger charge is 2.28. The number of carbonyl (C=O) groups excluding carboxylic acids is 3. The molecule has 0 radical (unpaired) electrons. The van der Waals surface area contributed by atoms with Crippen LogP contribution in [-0.2, 0) is 14.3 Å². The predicted molar refractivity (Wildman–Crippen MR) is 76.1 cm³/mol. The van der Waals surface area contributed by atoms with Gasteiger partial charge in [0, 0.05) is 30.8 Å². The fourth-order valence-electron chi connectivity index (χ4n) is 2.14. The number of nitrogen functional groups attached to an aromatic ring is 2. The maximum Gasteiger partial charge on any atom is 0.338 e. The van der Waals surface area contributed by atoms with E-state index in [-0.39, 0.29) is 43.4 Å². The number of nitrogens with zero attached hydrogens (tertiary/aromatic N) is 1. The Kier molecular flexibility index (Phi) is 4.42. The molecule has 2 amide bonds. The van der Waals surface area contributed by atoms with E-state index in [9.17, 15) is 14.4 Å². The molecule has 0 spiro atoms. The SMILES string of the molecule is Nc1cc(N)cc(C(=O)OCCCN2C(=O)CCC2=O)c1. The van der Waals surface area contributed by atoms with Crippen LogP contribution in [0.3, 0.4) is 0 Å². The van der Waals surface area contributed by atoms with Crippen LogP contribution in [0.2, 0.25) is 0 Å². The van der Waals surface area contributed by atoms with E-state index < -0.39 is 5.97 Å². The summed E-state index contributed by atoms with van der Waals surface area (Å²) in [6.07, 6.45) is 0.934. The van der Waals surface area contributed by atoms with Gasteiger partial charge >= 0.3 is 5.97 Å². The molecule has 0 aliphatic carbocycles. The van der Waals surface area contributed by atoms with E-state index >= 15 is 0 Å². The number of carbonyl (C=O) groups is 3. The monoisotopic (exact) mass is 291 g/mol. The van der Waals surface area contributed by atoms with Crippen LogP contribution in [0, 0.1) is 0 Å². The maximum absolute atomic E-state index is 11.8. The number of nitrogens with two attached hydrogens (primary N) is 2. The number of ether oxygens (including phenoxy) is 1. The maximum atomic E-state index is 11.8. The number of hydrogen-bond donors (Lipinski definition) is 2. The molecule has 1 aliphatic heterocycles. The molecule has 0 aromatic heterocycles. The third kappa shape index (κ3) is 3.71. The number of rotatable bonds is 5. The quantitative estimate of drug-likeness (QED) is 0.354. The Morgan fingerprint density at radius 2 is 1.67 bits per heavy atom. The van der Waals surface area contributed by atoms with Gasteiger partial charge in [-0.15, -0.1) is 0 Å². The van der Waals surface area contributed by atoms with Crippen molar-refractivity contribution >= 4 is 29.2 Å². The summed E-state index contributed by atoms with van der Waals surface area (Å²) in [7, 11) is 0. The lowest BCUT2D eigenvalue weighted by molar-refractivity contribution is -0.138. The first-order valence-corrected chi connectivity index (χ1v) is 6.64. The van der Waals surface area contributed by atoms with Gasteiger partial charge in [0.2, 0.25) is 11.8 Å². The standard InChI is InChI=1S/C14H17N3O4/c15-10-6-9(7-11(16)8-10)14(20)21-5-1-4-17-12(18)2-3-13(17)19/h6-8H,1-5,15-16H2. The van der Waals surface area contributed by atoms with Crippen molar-refractivity contribution in [3.63, 3.8) is 0 Å². The van der Waals surface area contributed by atoms with Gasteiger partial charge in [-0.2, -0.15) is 0 Å². The van der Waals surface area contributed by atoms with E-state index in [0.29, 0.717) is 17.8 Å². The molecule has 1 aromatic carbocycles. The first kappa shape index (κ1) is 14.8. The molecule has 7 heteroatoms. The van der Waals surface area contributed by atoms with Crippen LogP contribution in [0.15, 0.2) is 18.2 Å². The molecular formula is C14H17N3O4. The zero-order valence-corrected chi connectivity index (χ0v) is 11.5. The summed E-state index contributed by atoms with van der Waals surface area (Å²) in [4.78, 5) is 35.8. The fourth-order valence-corrected chi connectivity index (χ4v) is 2.14. The highest BCUT2D eigenvalue weighted by molar-refractivity contribution is 6.01. The minimum absolute atomic E-state index is 0.116. The molecular weight excluding hydrogens is 274 g/mol. The Bertz CT molecular complexity index is 549. The number of likely N-dealkylation sites (tertiary alicyclic amines) is 1. The van der Waals surface area contributed by atoms with Crippen molar-refractivity contribution in [1.82, 2.24) is 4.90 Å². The Balaban J connectivity index is 1.79. The van der Waals surface area contributed by atoms with Crippen molar-refractivity contribution in [3.05, 3.63) is 23.8 Å². The molecule has 1 fully saturated rings. The summed E-state index contributed by atoms with van der Waals surface area (Å²) in [5.41, 5.74) is 12.2. The Morgan fingerprint density at radius 3 is 2.24 bits per heavy atom. The lowest BCUT2D eigenvalue weighted by Crippen LogP contribution is -2.30. The summed E-state index contributed by atoms with van der Waals surface area (Å²) in [6, 6.07) is 4.50. The van der Waals surface area contributed by atoms with Crippen LogP contribution in [-0.4, -0.2) is 35.8 Å². The molecule has 0 atom stereocenters. The molecule has 1 aliphatic rings. The normalized spacial score (nSPS) is 14.6. The molecule has 0 saturated carbocycles. The molecule has 1 heterocycles. The number of esters is 1. The second-order valence-corrected chi connectivity index (χ2v) is 4.82. The van der Waals surface area contributed by atoms with E-state index in [1.54, 1.807) is 6.07 Å². The Hall–Kier alpha value is -2.57. The first-order valence-electron chi connectivity index (χ1n) is 6.64. The molecule has 1 aromatic rings. The van der Waals surface area contributed by atoms with E-state index in [1.807, 2.05) is 0 Å². The number of hydrogen-bond acceptors (Lipinski definition) is 6. The number of amides is 2. The first-order chi connectivity index (χ1) is 9.97. The van der Waals surface area contributed by atoms with Crippen molar-refractivity contribution in [2.24, 2.45) is 0 Å². The van der Waals surface area contributed by atoms with Gasteiger partial charge in [-0.25, -0.2) is 4.79 Å². The fraction of sp³-hybridized carbons (Fsp3) is 0.357. The summed E-state index contributed by atoms with van der Waals surface area (Å²) in [5, 5.41) is 0. The number of imide groups is 1. The van der Waals surface area contributed by atoms with Gasteiger partial charge in [0.15, 0.2) is 0 Å². The van der Waals surface area contributed by atoms with Gasteiger partial charge < -0.3 is 16.2 Å². The van der Waals surface area contributed by atoms with Gasteiger partial charge in [0.1, 0.15) is 0 Å². The van der Waals surface area contributed by atoms with Crippen LogP contribution in [0.25, 0.3) is 0 Å². The van der Waals surface area contributed by atoms with E-state index in [4.69, 9.17) is 16.2 Å². The Labute approximate surface area is 121 Å². The molecule has 4 N–H and O–H groups in total. The zero-order valence-electron chi connectivity index (χ0n) is 11.5. The third-order valence-corrected chi connectivity index (χ3v) is 3.13. The number of benzene rings is 1. The van der Waals surface area contributed by atoms with Crippen LogP contribution in [0.4, 0.5) is 11.4 Å². The summed E-state index contributed by atoms with van der Waals surface area (Å²) in [5.74, 6) is -0.877. The summed E-state index contributed by atoms with van der Waals surface area (Å²) in [6.45, 7) is 0.384. The van der Waals surface area contributed by atoms with Crippen LogP contribution >= 0.6 is 0 Å². The zero-order chi connectivity index (χ0) is 15.4. The molecule has 0 bridgehead atoms. The smallest absolute Gasteiger partial charge is 0.338 e. The van der Waals surface area contributed by atoms with E-state index in [0.717, 1.165) is 0 Å². The minimum Gasteiger partial charge on any atom is -0.462 e. The molecule has 1 saturated heterocycles. The van der Waals surface area contributed by atoms with Crippen LogP contribution in [0.5, 0.6) is 0 Å². The largest absolute Gasteiger partial charge is 0.462 e. The molecule has 112 valence electrons. The predicted octanol–water partition coefficient (Wildman–Crippen LogP) is 0.547. The lowest BCUT2D eigenvalue weighted by Gasteiger charge is -2.13.